The van der Waals surface area contributed by atoms with Gasteiger partial charge in [0.05, 0.1) is 12.1 Å². The van der Waals surface area contributed by atoms with E-state index in [1.165, 1.54) is 13.2 Å². The maximum Gasteiger partial charge on any atom is 0.266 e. The molecule has 3 rings (SSSR count). The van der Waals surface area contributed by atoms with Crippen molar-refractivity contribution in [3.63, 3.8) is 0 Å². The predicted molar refractivity (Wildman–Crippen MR) is 137 cm³/mol. The van der Waals surface area contributed by atoms with Gasteiger partial charge in [0.15, 0.2) is 11.5 Å². The van der Waals surface area contributed by atoms with E-state index in [1.807, 2.05) is 13.0 Å². The summed E-state index contributed by atoms with van der Waals surface area (Å²) in [6.45, 7) is 1.98. The van der Waals surface area contributed by atoms with Gasteiger partial charge < -0.3 is 14.8 Å². The van der Waals surface area contributed by atoms with Gasteiger partial charge in [0.1, 0.15) is 18.2 Å². The Bertz CT molecular complexity index is 1320. The molecule has 3 aromatic carbocycles. The van der Waals surface area contributed by atoms with Gasteiger partial charge in [-0.25, -0.2) is 0 Å². The number of carbonyl (C=O) groups excluding carboxylic acids is 1. The molecule has 0 fully saturated rings. The summed E-state index contributed by atoms with van der Waals surface area (Å²) in [4.78, 5) is 12.6. The average Bonchev–Trinajstić information content (AvgIpc) is 2.79. The SMILES string of the molecule is COc1cc(/C=C(/C#N)C(=O)Nc2ccc(C)c(Cl)c2)cc(Cl)c1OCc1ccc(Cl)cc1Cl. The molecule has 0 aliphatic heterocycles. The predicted octanol–water partition coefficient (Wildman–Crippen LogP) is 7.74. The van der Waals surface area contributed by atoms with E-state index >= 15 is 0 Å². The van der Waals surface area contributed by atoms with Crippen LogP contribution >= 0.6 is 46.4 Å². The van der Waals surface area contributed by atoms with Gasteiger partial charge in [-0.05, 0) is 60.5 Å². The Morgan fingerprint density at radius 2 is 1.79 bits per heavy atom. The minimum atomic E-state index is -0.588. The van der Waals surface area contributed by atoms with Crippen molar-refractivity contribution in [3.8, 4) is 17.6 Å². The lowest BCUT2D eigenvalue weighted by molar-refractivity contribution is -0.112. The molecule has 0 saturated heterocycles. The topological polar surface area (TPSA) is 71.3 Å². The van der Waals surface area contributed by atoms with Crippen molar-refractivity contribution in [2.24, 2.45) is 0 Å². The van der Waals surface area contributed by atoms with Crippen LogP contribution in [-0.2, 0) is 11.4 Å². The number of anilines is 1. The molecule has 1 amide bonds. The minimum absolute atomic E-state index is 0.128. The molecule has 0 bridgehead atoms. The molecule has 0 radical (unpaired) electrons. The Labute approximate surface area is 217 Å². The second-order valence-electron chi connectivity index (χ2n) is 7.15. The van der Waals surface area contributed by atoms with Crippen molar-refractivity contribution < 1.29 is 14.3 Å². The molecule has 0 atom stereocenters. The highest BCUT2D eigenvalue weighted by Gasteiger charge is 2.15. The van der Waals surface area contributed by atoms with E-state index in [0.717, 1.165) is 5.56 Å². The number of nitriles is 1. The lowest BCUT2D eigenvalue weighted by atomic mass is 10.1. The number of carbonyl (C=O) groups is 1. The lowest BCUT2D eigenvalue weighted by Crippen LogP contribution is -2.13. The number of benzene rings is 3. The Hall–Kier alpha value is -2.88. The molecule has 0 aliphatic carbocycles. The van der Waals surface area contributed by atoms with Crippen molar-refractivity contribution in [3.05, 3.63) is 90.9 Å². The van der Waals surface area contributed by atoms with E-state index in [0.29, 0.717) is 43.4 Å². The highest BCUT2D eigenvalue weighted by atomic mass is 35.5. The summed E-state index contributed by atoms with van der Waals surface area (Å²) < 4.78 is 11.2. The molecule has 9 heteroatoms. The molecule has 1 N–H and O–H groups in total. The van der Waals surface area contributed by atoms with Crippen LogP contribution in [0.3, 0.4) is 0 Å². The lowest BCUT2D eigenvalue weighted by Gasteiger charge is -2.14. The van der Waals surface area contributed by atoms with Gasteiger partial charge >= 0.3 is 0 Å². The smallest absolute Gasteiger partial charge is 0.266 e. The minimum Gasteiger partial charge on any atom is -0.493 e. The van der Waals surface area contributed by atoms with Crippen LogP contribution in [0.4, 0.5) is 5.69 Å². The fourth-order valence-corrected chi connectivity index (χ4v) is 3.85. The van der Waals surface area contributed by atoms with E-state index < -0.39 is 5.91 Å². The molecule has 0 saturated carbocycles. The van der Waals surface area contributed by atoms with E-state index in [-0.39, 0.29) is 17.2 Å². The largest absolute Gasteiger partial charge is 0.493 e. The van der Waals surface area contributed by atoms with Crippen LogP contribution in [0.1, 0.15) is 16.7 Å². The molecule has 3 aromatic rings. The number of nitrogens with zero attached hydrogens (tertiary/aromatic N) is 1. The van der Waals surface area contributed by atoms with Gasteiger partial charge in [0, 0.05) is 26.3 Å². The van der Waals surface area contributed by atoms with E-state index in [2.05, 4.69) is 5.32 Å². The van der Waals surface area contributed by atoms with Gasteiger partial charge in [-0.1, -0.05) is 58.5 Å². The summed E-state index contributed by atoms with van der Waals surface area (Å²) in [6.07, 6.45) is 1.40. The van der Waals surface area contributed by atoms with E-state index in [9.17, 15) is 10.1 Å². The molecule has 5 nitrogen and oxygen atoms in total. The van der Waals surface area contributed by atoms with Gasteiger partial charge in [-0.2, -0.15) is 5.26 Å². The second-order valence-corrected chi connectivity index (χ2v) is 8.80. The zero-order valence-electron chi connectivity index (χ0n) is 18.1. The number of rotatable bonds is 7. The third-order valence-corrected chi connectivity index (χ3v) is 6.02. The summed E-state index contributed by atoms with van der Waals surface area (Å²) >= 11 is 24.7. The number of halogens is 4. The molecule has 0 aromatic heterocycles. The van der Waals surface area contributed by atoms with Crippen LogP contribution in [0, 0.1) is 18.3 Å². The van der Waals surface area contributed by atoms with Gasteiger partial charge in [-0.3, -0.25) is 4.79 Å². The van der Waals surface area contributed by atoms with Crippen molar-refractivity contribution >= 4 is 64.1 Å². The third-order valence-electron chi connectivity index (χ3n) is 4.74. The quantitative estimate of drug-likeness (QED) is 0.248. The molecule has 174 valence electrons. The number of aryl methyl sites for hydroxylation is 1. The maximum absolute atomic E-state index is 12.6. The number of hydrogen-bond donors (Lipinski definition) is 1. The molecule has 0 heterocycles. The summed E-state index contributed by atoms with van der Waals surface area (Å²) in [5.74, 6) is 0.0339. The zero-order chi connectivity index (χ0) is 24.8. The zero-order valence-corrected chi connectivity index (χ0v) is 21.1. The second kappa shape index (κ2) is 11.5. The third kappa shape index (κ3) is 6.37. The normalized spacial score (nSPS) is 11.0. The standard InChI is InChI=1S/C25H18Cl4N2O3/c1-14-3-6-19(11-20(14)27)31-25(32)17(12-30)7-15-8-22(29)24(23(9-15)33-2)34-13-16-4-5-18(26)10-21(16)28/h3-11H,13H2,1-2H3,(H,31,32)/b17-7-. The van der Waals surface area contributed by atoms with Crippen LogP contribution in [0.5, 0.6) is 11.5 Å². The van der Waals surface area contributed by atoms with Crippen molar-refractivity contribution in [2.75, 3.05) is 12.4 Å². The molecule has 0 spiro atoms. The molecular formula is C25H18Cl4N2O3. The Morgan fingerprint density at radius 1 is 1.03 bits per heavy atom. The van der Waals surface area contributed by atoms with Crippen LogP contribution < -0.4 is 14.8 Å². The molecular weight excluding hydrogens is 518 g/mol. The number of ether oxygens (including phenoxy) is 2. The van der Waals surface area contributed by atoms with Crippen molar-refractivity contribution in [2.45, 2.75) is 13.5 Å². The van der Waals surface area contributed by atoms with Crippen LogP contribution in [0.25, 0.3) is 6.08 Å². The molecule has 34 heavy (non-hydrogen) atoms. The van der Waals surface area contributed by atoms with Gasteiger partial charge in [0.25, 0.3) is 5.91 Å². The monoisotopic (exact) mass is 534 g/mol. The Morgan fingerprint density at radius 3 is 2.44 bits per heavy atom. The molecule has 0 unspecified atom stereocenters. The first-order chi connectivity index (χ1) is 16.2. The van der Waals surface area contributed by atoms with Crippen LogP contribution in [-0.4, -0.2) is 13.0 Å². The number of hydrogen-bond acceptors (Lipinski definition) is 4. The van der Waals surface area contributed by atoms with Gasteiger partial charge in [0.2, 0.25) is 0 Å². The average molecular weight is 536 g/mol. The van der Waals surface area contributed by atoms with E-state index in [1.54, 1.807) is 48.5 Å². The Balaban J connectivity index is 1.83. The summed E-state index contributed by atoms with van der Waals surface area (Å²) in [6, 6.07) is 15.2. The fourth-order valence-electron chi connectivity index (χ4n) is 2.94. The Kier molecular flexibility index (Phi) is 8.71. The van der Waals surface area contributed by atoms with Crippen molar-refractivity contribution in [1.29, 1.82) is 5.26 Å². The first-order valence-corrected chi connectivity index (χ1v) is 11.4. The number of methoxy groups -OCH3 is 1. The highest BCUT2D eigenvalue weighted by Crippen LogP contribution is 2.38. The van der Waals surface area contributed by atoms with Gasteiger partial charge in [-0.15, -0.1) is 0 Å². The van der Waals surface area contributed by atoms with Crippen LogP contribution in [0.2, 0.25) is 20.1 Å². The first-order valence-electron chi connectivity index (χ1n) is 9.85. The number of amides is 1. The maximum atomic E-state index is 12.6. The summed E-state index contributed by atoms with van der Waals surface area (Å²) in [7, 11) is 1.46. The highest BCUT2D eigenvalue weighted by molar-refractivity contribution is 6.35. The number of nitrogens with one attached hydrogen (secondary N) is 1. The van der Waals surface area contributed by atoms with Crippen molar-refractivity contribution in [1.82, 2.24) is 0 Å². The molecule has 0 aliphatic rings. The van der Waals surface area contributed by atoms with E-state index in [4.69, 9.17) is 55.9 Å². The summed E-state index contributed by atoms with van der Waals surface area (Å²) in [5.41, 5.74) is 2.41. The first kappa shape index (κ1) is 25.7. The van der Waals surface area contributed by atoms with Crippen LogP contribution in [0.15, 0.2) is 54.1 Å². The summed E-state index contributed by atoms with van der Waals surface area (Å²) in [5, 5.41) is 13.9. The fraction of sp³-hybridized carbons (Fsp3) is 0.120.